The van der Waals surface area contributed by atoms with Crippen LogP contribution in [0.3, 0.4) is 0 Å². The summed E-state index contributed by atoms with van der Waals surface area (Å²) in [5.74, 6) is -2.22. The summed E-state index contributed by atoms with van der Waals surface area (Å²) in [7, 11) is -9.95. The summed E-state index contributed by atoms with van der Waals surface area (Å²) in [4.78, 5) is 56.0. The van der Waals surface area contributed by atoms with Crippen molar-refractivity contribution >= 4 is 68.2 Å². The van der Waals surface area contributed by atoms with Gasteiger partial charge >= 0.3 is 7.60 Å². The van der Waals surface area contributed by atoms with E-state index in [1.165, 1.54) is 60.9 Å². The molecular formula is C48H46N9O10PS2. The lowest BCUT2D eigenvalue weighted by Crippen LogP contribution is -2.30. The van der Waals surface area contributed by atoms with Gasteiger partial charge in [0, 0.05) is 43.1 Å². The second kappa shape index (κ2) is 21.3. The van der Waals surface area contributed by atoms with Gasteiger partial charge in [-0.1, -0.05) is 78.4 Å². The summed E-state index contributed by atoms with van der Waals surface area (Å²) in [5, 5.41) is 5.28. The SMILES string of the molecule is COP(=O)(CS(=O)(=O)c1ccc(NC(=O)c2nc(-c3ccc(Cc4cccc(CCC(=O)NS(=O)(=O)c5ccc(NC(=O)c6nc(-c7ccc(C)cc7)cnc6N)cc5)c4)cc3)cnc2N)cc1)OC. The number of aromatic nitrogens is 4. The number of amides is 3. The van der Waals surface area contributed by atoms with Crippen LogP contribution in [0.25, 0.3) is 22.5 Å². The fourth-order valence-corrected chi connectivity index (χ4v) is 11.7. The molecule has 360 valence electrons. The average molecular weight is 1000 g/mol. The summed E-state index contributed by atoms with van der Waals surface area (Å²) >= 11 is 0. The van der Waals surface area contributed by atoms with Gasteiger partial charge in [-0.25, -0.2) is 41.5 Å². The van der Waals surface area contributed by atoms with Gasteiger partial charge in [0.15, 0.2) is 38.4 Å². The van der Waals surface area contributed by atoms with Gasteiger partial charge in [0.1, 0.15) is 0 Å². The van der Waals surface area contributed by atoms with Crippen LogP contribution in [0, 0.1) is 6.92 Å². The highest BCUT2D eigenvalue weighted by atomic mass is 32.2. The average Bonchev–Trinajstić information content (AvgIpc) is 3.34. The molecule has 0 unspecified atom stereocenters. The number of hydrogen-bond donors (Lipinski definition) is 5. The van der Waals surface area contributed by atoms with Crippen LogP contribution >= 0.6 is 7.60 Å². The Morgan fingerprint density at radius 2 is 1.11 bits per heavy atom. The van der Waals surface area contributed by atoms with Gasteiger partial charge in [0.05, 0.1) is 33.6 Å². The highest BCUT2D eigenvalue weighted by Gasteiger charge is 2.31. The molecule has 0 aliphatic heterocycles. The zero-order valence-electron chi connectivity index (χ0n) is 37.8. The second-order valence-corrected chi connectivity index (χ2v) is 22.1. The van der Waals surface area contributed by atoms with E-state index in [1.807, 2.05) is 79.7 Å². The van der Waals surface area contributed by atoms with Gasteiger partial charge in [-0.3, -0.25) is 18.9 Å². The Kier molecular flexibility index (Phi) is 15.3. The molecule has 3 amide bonds. The topological polar surface area (TPSA) is 295 Å². The molecule has 0 saturated carbocycles. The van der Waals surface area contributed by atoms with Crippen LogP contribution in [0.15, 0.2) is 144 Å². The van der Waals surface area contributed by atoms with E-state index in [4.69, 9.17) is 20.5 Å². The Bertz CT molecular complexity index is 3350. The molecule has 0 fully saturated rings. The molecule has 7 N–H and O–H groups in total. The molecule has 2 aromatic heterocycles. The molecule has 0 aliphatic carbocycles. The van der Waals surface area contributed by atoms with E-state index < -0.39 is 50.7 Å². The quantitative estimate of drug-likeness (QED) is 0.0551. The van der Waals surface area contributed by atoms with Crippen molar-refractivity contribution in [2.75, 3.05) is 41.8 Å². The van der Waals surface area contributed by atoms with Crippen LogP contribution in [0.5, 0.6) is 0 Å². The summed E-state index contributed by atoms with van der Waals surface area (Å²) in [6, 6.07) is 33.0. The molecule has 7 rings (SSSR count). The lowest BCUT2D eigenvalue weighted by atomic mass is 9.99. The Morgan fingerprint density at radius 3 is 1.63 bits per heavy atom. The van der Waals surface area contributed by atoms with E-state index in [2.05, 4.69) is 35.3 Å². The summed E-state index contributed by atoms with van der Waals surface area (Å²) in [5.41, 5.74) is 17.4. The first-order valence-electron chi connectivity index (χ1n) is 21.1. The number of aryl methyl sites for hydroxylation is 2. The Hall–Kier alpha value is -7.68. The molecule has 7 aromatic rings. The largest absolute Gasteiger partial charge is 0.382 e. The van der Waals surface area contributed by atoms with E-state index in [0.29, 0.717) is 23.4 Å². The molecular weight excluding hydrogens is 958 g/mol. The predicted molar refractivity (Wildman–Crippen MR) is 264 cm³/mol. The van der Waals surface area contributed by atoms with Crippen molar-refractivity contribution in [1.29, 1.82) is 0 Å². The maximum atomic E-state index is 13.2. The minimum absolute atomic E-state index is 0.0746. The van der Waals surface area contributed by atoms with Gasteiger partial charge in [-0.2, -0.15) is 0 Å². The van der Waals surface area contributed by atoms with E-state index in [0.717, 1.165) is 42.0 Å². The van der Waals surface area contributed by atoms with Crippen molar-refractivity contribution in [3.63, 3.8) is 0 Å². The van der Waals surface area contributed by atoms with E-state index in [1.54, 1.807) is 0 Å². The number of sulfonamides is 1. The normalized spacial score (nSPS) is 11.7. The standard InChI is InChI=1S/C48H46N9O10PS2/c1-30-7-12-34(13-8-30)40-27-51-45(49)43(55-40)48(60)54-37-18-22-39(23-19-37)70(64,65)57-42(58)24-11-31-5-4-6-33(25-31)26-32-9-14-35(15-10-32)41-28-52-46(50)44(56-41)47(59)53-36-16-20-38(21-17-36)69(62,63)29-68(61,66-2)67-3/h4-10,12-23,25,27-28H,11,24,26,29H2,1-3H3,(H2,49,51)(H2,50,52)(H,53,59)(H,54,60)(H,57,58). The maximum Gasteiger partial charge on any atom is 0.345 e. The number of nitrogens with two attached hydrogens (primary N) is 2. The first kappa shape index (κ1) is 50.2. The van der Waals surface area contributed by atoms with Crippen molar-refractivity contribution in [3.8, 4) is 22.5 Å². The van der Waals surface area contributed by atoms with E-state index >= 15 is 0 Å². The third kappa shape index (κ3) is 12.5. The number of carbonyl (C=O) groups excluding carboxylic acids is 3. The fraction of sp³-hybridized carbons (Fsp3) is 0.146. The molecule has 0 aliphatic rings. The molecule has 22 heteroatoms. The Labute approximate surface area is 403 Å². The molecule has 70 heavy (non-hydrogen) atoms. The van der Waals surface area contributed by atoms with Crippen LogP contribution in [0.2, 0.25) is 0 Å². The van der Waals surface area contributed by atoms with Gasteiger partial charge in [-0.15, -0.1) is 0 Å². The Balaban J connectivity index is 0.907. The first-order chi connectivity index (χ1) is 33.3. The number of nitrogen functional groups attached to an aromatic ring is 2. The van der Waals surface area contributed by atoms with Gasteiger partial charge in [-0.05, 0) is 85.0 Å². The summed E-state index contributed by atoms with van der Waals surface area (Å²) in [6.07, 6.45) is 3.60. The molecule has 0 bridgehead atoms. The fourth-order valence-electron chi connectivity index (χ4n) is 6.88. The van der Waals surface area contributed by atoms with Crippen molar-refractivity contribution in [1.82, 2.24) is 24.7 Å². The number of sulfone groups is 1. The van der Waals surface area contributed by atoms with Gasteiger partial charge in [0.25, 0.3) is 21.8 Å². The molecule has 0 atom stereocenters. The van der Waals surface area contributed by atoms with Crippen molar-refractivity contribution in [2.24, 2.45) is 0 Å². The molecule has 2 heterocycles. The highest BCUT2D eigenvalue weighted by Crippen LogP contribution is 2.48. The number of benzene rings is 5. The van der Waals surface area contributed by atoms with Gasteiger partial charge < -0.3 is 31.1 Å². The lowest BCUT2D eigenvalue weighted by Gasteiger charge is -2.14. The minimum Gasteiger partial charge on any atom is -0.382 e. The molecule has 0 saturated heterocycles. The van der Waals surface area contributed by atoms with Gasteiger partial charge in [0.2, 0.25) is 5.91 Å². The van der Waals surface area contributed by atoms with Crippen LogP contribution in [0.4, 0.5) is 23.0 Å². The number of hydrogen-bond acceptors (Lipinski definition) is 16. The predicted octanol–water partition coefficient (Wildman–Crippen LogP) is 6.82. The molecule has 0 spiro atoms. The number of nitrogens with zero attached hydrogens (tertiary/aromatic N) is 4. The van der Waals surface area contributed by atoms with Crippen molar-refractivity contribution in [2.45, 2.75) is 36.0 Å². The van der Waals surface area contributed by atoms with E-state index in [-0.39, 0.29) is 57.0 Å². The first-order valence-corrected chi connectivity index (χ1v) is 26.0. The monoisotopic (exact) mass is 1000 g/mol. The molecule has 0 radical (unpaired) electrons. The lowest BCUT2D eigenvalue weighted by molar-refractivity contribution is -0.119. The number of carbonyl (C=O) groups is 3. The van der Waals surface area contributed by atoms with Crippen LogP contribution in [-0.4, -0.2) is 74.2 Å². The molecule has 19 nitrogen and oxygen atoms in total. The summed E-state index contributed by atoms with van der Waals surface area (Å²) in [6.45, 7) is 1.95. The zero-order valence-corrected chi connectivity index (χ0v) is 40.3. The number of rotatable bonds is 18. The maximum absolute atomic E-state index is 13.2. The summed E-state index contributed by atoms with van der Waals surface area (Å²) < 4.78 is 75.8. The van der Waals surface area contributed by atoms with Crippen LogP contribution in [0.1, 0.15) is 49.7 Å². The number of nitrogens with one attached hydrogen (secondary N) is 3. The van der Waals surface area contributed by atoms with Crippen LogP contribution in [-0.2, 0) is 51.1 Å². The Morgan fingerprint density at radius 1 is 0.629 bits per heavy atom. The molecule has 5 aromatic carbocycles. The van der Waals surface area contributed by atoms with Crippen molar-refractivity contribution in [3.05, 3.63) is 167 Å². The number of anilines is 4. The van der Waals surface area contributed by atoms with E-state index in [9.17, 15) is 35.8 Å². The van der Waals surface area contributed by atoms with Crippen molar-refractivity contribution < 1.29 is 44.8 Å². The van der Waals surface area contributed by atoms with Crippen LogP contribution < -0.4 is 26.8 Å². The smallest absolute Gasteiger partial charge is 0.345 e. The second-order valence-electron chi connectivity index (χ2n) is 15.7. The third-order valence-corrected chi connectivity index (χ3v) is 16.8. The minimum atomic E-state index is -4.23. The highest BCUT2D eigenvalue weighted by molar-refractivity contribution is 7.97. The third-order valence-electron chi connectivity index (χ3n) is 10.7. The zero-order chi connectivity index (χ0) is 50.2.